The Balaban J connectivity index is 2.58. The van der Waals surface area contributed by atoms with E-state index < -0.39 is 0 Å². The smallest absolute Gasteiger partial charge is 0.138 e. The molecule has 0 aliphatic carbocycles. The van der Waals surface area contributed by atoms with Crippen LogP contribution in [0.2, 0.25) is 0 Å². The summed E-state index contributed by atoms with van der Waals surface area (Å²) in [7, 11) is 0. The first-order valence-corrected chi connectivity index (χ1v) is 4.28. The van der Waals surface area contributed by atoms with Crippen LogP contribution in [0.15, 0.2) is 31.1 Å². The Labute approximate surface area is 85.6 Å². The molecule has 0 bridgehead atoms. The number of thiocarbonyl (C=S) groups is 1. The third-order valence-electron chi connectivity index (χ3n) is 1.73. The van der Waals surface area contributed by atoms with Gasteiger partial charge in [-0.3, -0.25) is 4.98 Å². The Morgan fingerprint density at radius 3 is 2.93 bits per heavy atom. The van der Waals surface area contributed by atoms with E-state index in [-0.39, 0.29) is 0 Å². The van der Waals surface area contributed by atoms with Gasteiger partial charge in [-0.05, 0) is 6.07 Å². The summed E-state index contributed by atoms with van der Waals surface area (Å²) in [5, 5.41) is 3.98. The molecule has 0 radical (unpaired) electrons. The van der Waals surface area contributed by atoms with Gasteiger partial charge in [0.25, 0.3) is 0 Å². The second kappa shape index (κ2) is 3.51. The summed E-state index contributed by atoms with van der Waals surface area (Å²) in [5.41, 5.74) is 7.03. The Bertz CT molecular complexity index is 451. The van der Waals surface area contributed by atoms with Gasteiger partial charge in [0.2, 0.25) is 0 Å². The van der Waals surface area contributed by atoms with Gasteiger partial charge in [-0.25, -0.2) is 9.67 Å². The number of rotatable bonds is 2. The molecule has 0 aromatic carbocycles. The molecule has 2 aromatic rings. The van der Waals surface area contributed by atoms with Gasteiger partial charge in [0.15, 0.2) is 0 Å². The van der Waals surface area contributed by atoms with Gasteiger partial charge in [-0.2, -0.15) is 5.10 Å². The van der Waals surface area contributed by atoms with Crippen LogP contribution in [0.5, 0.6) is 0 Å². The zero-order valence-electron chi connectivity index (χ0n) is 7.16. The van der Waals surface area contributed by atoms with Crippen LogP contribution in [0.25, 0.3) is 5.69 Å². The van der Waals surface area contributed by atoms with Crippen molar-refractivity contribution in [2.45, 2.75) is 0 Å². The van der Waals surface area contributed by atoms with E-state index in [1.54, 1.807) is 29.5 Å². The minimum absolute atomic E-state index is 0.318. The first-order valence-electron chi connectivity index (χ1n) is 3.88. The molecule has 0 saturated heterocycles. The Morgan fingerprint density at radius 2 is 2.29 bits per heavy atom. The van der Waals surface area contributed by atoms with E-state index in [4.69, 9.17) is 18.0 Å². The fourth-order valence-electron chi connectivity index (χ4n) is 1.11. The molecule has 0 aliphatic heterocycles. The van der Waals surface area contributed by atoms with Crippen LogP contribution in [0, 0.1) is 0 Å². The molecule has 70 valence electrons. The lowest BCUT2D eigenvalue weighted by Crippen LogP contribution is -2.13. The summed E-state index contributed by atoms with van der Waals surface area (Å²) in [6.45, 7) is 0. The van der Waals surface area contributed by atoms with E-state index in [1.165, 1.54) is 6.33 Å². The molecule has 6 heteroatoms. The fraction of sp³-hybridized carbons (Fsp3) is 0. The molecule has 0 fully saturated rings. The number of hydrogen-bond donors (Lipinski definition) is 1. The zero-order chi connectivity index (χ0) is 9.97. The minimum Gasteiger partial charge on any atom is -0.389 e. The van der Waals surface area contributed by atoms with Gasteiger partial charge in [0.1, 0.15) is 17.6 Å². The number of aromatic nitrogens is 4. The summed E-state index contributed by atoms with van der Waals surface area (Å²) in [6.07, 6.45) is 6.28. The van der Waals surface area contributed by atoms with Crippen LogP contribution in [0.4, 0.5) is 0 Å². The van der Waals surface area contributed by atoms with Crippen LogP contribution in [-0.2, 0) is 0 Å². The average Bonchev–Trinajstić information content (AvgIpc) is 2.70. The molecule has 2 rings (SSSR count). The van der Waals surface area contributed by atoms with Gasteiger partial charge in [0, 0.05) is 11.8 Å². The molecule has 2 heterocycles. The molecule has 2 aromatic heterocycles. The van der Waals surface area contributed by atoms with E-state index in [2.05, 4.69) is 15.1 Å². The van der Waals surface area contributed by atoms with Gasteiger partial charge in [-0.15, -0.1) is 0 Å². The van der Waals surface area contributed by atoms with Crippen molar-refractivity contribution in [1.29, 1.82) is 0 Å². The molecule has 0 spiro atoms. The van der Waals surface area contributed by atoms with Gasteiger partial charge in [0.05, 0.1) is 11.9 Å². The van der Waals surface area contributed by atoms with Crippen molar-refractivity contribution in [2.75, 3.05) is 0 Å². The summed E-state index contributed by atoms with van der Waals surface area (Å²) < 4.78 is 1.57. The van der Waals surface area contributed by atoms with Crippen molar-refractivity contribution in [1.82, 2.24) is 19.7 Å². The number of nitrogens with zero attached hydrogens (tertiary/aromatic N) is 4. The highest BCUT2D eigenvalue weighted by Gasteiger charge is 2.06. The lowest BCUT2D eigenvalue weighted by molar-refractivity contribution is 0.870. The van der Waals surface area contributed by atoms with E-state index in [9.17, 15) is 0 Å². The molecule has 2 N–H and O–H groups in total. The Kier molecular flexibility index (Phi) is 2.19. The van der Waals surface area contributed by atoms with Crippen LogP contribution in [0.3, 0.4) is 0 Å². The highest BCUT2D eigenvalue weighted by atomic mass is 32.1. The summed E-state index contributed by atoms with van der Waals surface area (Å²) in [4.78, 5) is 8.14. The molecule has 0 amide bonds. The van der Waals surface area contributed by atoms with E-state index >= 15 is 0 Å². The van der Waals surface area contributed by atoms with Gasteiger partial charge in [-0.1, -0.05) is 12.2 Å². The molecular weight excluding hydrogens is 198 g/mol. The average molecular weight is 205 g/mol. The van der Waals surface area contributed by atoms with Crippen molar-refractivity contribution in [3.05, 3.63) is 36.7 Å². The highest BCUT2D eigenvalue weighted by molar-refractivity contribution is 7.80. The summed E-state index contributed by atoms with van der Waals surface area (Å²) in [6, 6.07) is 1.75. The first kappa shape index (κ1) is 8.76. The molecule has 0 aliphatic rings. The SMILES string of the molecule is NC(=S)c1ccncc1-n1cncn1. The van der Waals surface area contributed by atoms with Crippen LogP contribution in [-0.4, -0.2) is 24.7 Å². The van der Waals surface area contributed by atoms with Crippen molar-refractivity contribution >= 4 is 17.2 Å². The molecule has 14 heavy (non-hydrogen) atoms. The predicted molar refractivity (Wildman–Crippen MR) is 55.0 cm³/mol. The molecule has 0 atom stereocenters. The van der Waals surface area contributed by atoms with Crippen molar-refractivity contribution in [3.8, 4) is 5.69 Å². The van der Waals surface area contributed by atoms with Crippen LogP contribution < -0.4 is 5.73 Å². The predicted octanol–water partition coefficient (Wildman–Crippen LogP) is 0.297. The molecule has 5 nitrogen and oxygen atoms in total. The maximum Gasteiger partial charge on any atom is 0.138 e. The second-order valence-electron chi connectivity index (χ2n) is 2.60. The topological polar surface area (TPSA) is 69.6 Å². The standard InChI is InChI=1S/C8H7N5S/c9-8(14)6-1-2-10-3-7(6)13-5-11-4-12-13/h1-5H,(H2,9,14). The Hall–Kier alpha value is -1.82. The normalized spacial score (nSPS) is 10.0. The van der Waals surface area contributed by atoms with E-state index in [0.717, 1.165) is 11.3 Å². The third-order valence-corrected chi connectivity index (χ3v) is 1.95. The minimum atomic E-state index is 0.318. The van der Waals surface area contributed by atoms with Crippen molar-refractivity contribution < 1.29 is 0 Å². The molecule has 0 unspecified atom stereocenters. The zero-order valence-corrected chi connectivity index (χ0v) is 7.98. The summed E-state index contributed by atoms with van der Waals surface area (Å²) in [5.74, 6) is 0. The lowest BCUT2D eigenvalue weighted by atomic mass is 10.2. The number of nitrogens with two attached hydrogens (primary N) is 1. The second-order valence-corrected chi connectivity index (χ2v) is 3.04. The number of pyridine rings is 1. The van der Waals surface area contributed by atoms with E-state index in [1.807, 2.05) is 0 Å². The van der Waals surface area contributed by atoms with Crippen molar-refractivity contribution in [3.63, 3.8) is 0 Å². The molecule has 0 saturated carbocycles. The maximum absolute atomic E-state index is 5.56. The lowest BCUT2D eigenvalue weighted by Gasteiger charge is -2.05. The summed E-state index contributed by atoms with van der Waals surface area (Å²) >= 11 is 4.91. The van der Waals surface area contributed by atoms with E-state index in [0.29, 0.717) is 4.99 Å². The number of hydrogen-bond acceptors (Lipinski definition) is 4. The van der Waals surface area contributed by atoms with Crippen molar-refractivity contribution in [2.24, 2.45) is 5.73 Å². The van der Waals surface area contributed by atoms with Crippen LogP contribution >= 0.6 is 12.2 Å². The fourth-order valence-corrected chi connectivity index (χ4v) is 1.28. The Morgan fingerprint density at radius 1 is 1.43 bits per heavy atom. The molecular formula is C8H7N5S. The largest absolute Gasteiger partial charge is 0.389 e. The maximum atomic E-state index is 5.56. The third kappa shape index (κ3) is 1.47. The van der Waals surface area contributed by atoms with Gasteiger partial charge >= 0.3 is 0 Å². The quantitative estimate of drug-likeness (QED) is 0.714. The monoisotopic (exact) mass is 205 g/mol. The highest BCUT2D eigenvalue weighted by Crippen LogP contribution is 2.10. The van der Waals surface area contributed by atoms with Crippen LogP contribution in [0.1, 0.15) is 5.56 Å². The first-order chi connectivity index (χ1) is 6.79. The van der Waals surface area contributed by atoms with Gasteiger partial charge < -0.3 is 5.73 Å².